The highest BCUT2D eigenvalue weighted by molar-refractivity contribution is 6.07. The summed E-state index contributed by atoms with van der Waals surface area (Å²) < 4.78 is 8.57. The summed E-state index contributed by atoms with van der Waals surface area (Å²) in [7, 11) is 1.78. The fraction of sp³-hybridized carbons (Fsp3) is 0.480. The number of pyridine rings is 2. The molecule has 2 amide bonds. The lowest BCUT2D eigenvalue weighted by Gasteiger charge is -2.20. The van der Waals surface area contributed by atoms with Crippen LogP contribution in [0.3, 0.4) is 0 Å². The molecule has 3 aliphatic rings. The molecule has 3 aromatic rings. The molecule has 176 valence electrons. The highest BCUT2D eigenvalue weighted by Gasteiger charge is 2.44. The van der Waals surface area contributed by atoms with Crippen molar-refractivity contribution in [2.24, 2.45) is 5.92 Å². The third-order valence-corrected chi connectivity index (χ3v) is 7.39. The molecule has 2 unspecified atom stereocenters. The molecular formula is C25H28N6O3. The lowest BCUT2D eigenvalue weighted by Crippen LogP contribution is -2.33. The monoisotopic (exact) mass is 460 g/mol. The van der Waals surface area contributed by atoms with E-state index in [9.17, 15) is 9.59 Å². The van der Waals surface area contributed by atoms with Crippen LogP contribution in [0.5, 0.6) is 5.88 Å². The number of carbonyl (C=O) groups is 2. The number of carbonyl (C=O) groups excluding carboxylic acids is 2. The molecular weight excluding hydrogens is 432 g/mol. The van der Waals surface area contributed by atoms with Gasteiger partial charge in [0.15, 0.2) is 0 Å². The number of nitrogens with zero attached hydrogens (tertiary/aromatic N) is 5. The van der Waals surface area contributed by atoms with Crippen molar-refractivity contribution < 1.29 is 14.3 Å². The van der Waals surface area contributed by atoms with Gasteiger partial charge in [-0.15, -0.1) is 0 Å². The number of aromatic nitrogens is 4. The summed E-state index contributed by atoms with van der Waals surface area (Å²) in [4.78, 5) is 40.3. The minimum Gasteiger partial charge on any atom is -0.473 e. The largest absolute Gasteiger partial charge is 0.473 e. The number of likely N-dealkylation sites (N-methyl/N-ethyl adjacent to an activating group) is 1. The maximum atomic E-state index is 12.7. The molecule has 0 spiro atoms. The number of amides is 2. The van der Waals surface area contributed by atoms with Crippen molar-refractivity contribution in [1.29, 1.82) is 0 Å². The van der Waals surface area contributed by atoms with Crippen LogP contribution in [-0.2, 0) is 15.0 Å². The molecule has 6 rings (SSSR count). The molecule has 0 radical (unpaired) electrons. The van der Waals surface area contributed by atoms with Gasteiger partial charge in [0.25, 0.3) is 0 Å². The van der Waals surface area contributed by atoms with Crippen molar-refractivity contribution in [3.63, 3.8) is 0 Å². The third-order valence-electron chi connectivity index (χ3n) is 7.39. The molecule has 9 nitrogen and oxygen atoms in total. The number of nitrogens with one attached hydrogen (secondary N) is 1. The van der Waals surface area contributed by atoms with E-state index in [4.69, 9.17) is 9.72 Å². The minimum absolute atomic E-state index is 0.0244. The Bertz CT molecular complexity index is 1340. The number of rotatable bonds is 5. The first kappa shape index (κ1) is 21.1. The minimum atomic E-state index is -0.653. The summed E-state index contributed by atoms with van der Waals surface area (Å²) in [6, 6.07) is 4.35. The molecule has 2 fully saturated rings. The van der Waals surface area contributed by atoms with Gasteiger partial charge in [0.1, 0.15) is 11.6 Å². The molecule has 3 aromatic heterocycles. The molecule has 2 atom stereocenters. The molecule has 34 heavy (non-hydrogen) atoms. The zero-order valence-corrected chi connectivity index (χ0v) is 19.8. The quantitative estimate of drug-likeness (QED) is 0.628. The predicted octanol–water partition coefficient (Wildman–Crippen LogP) is 2.99. The molecule has 0 aromatic carbocycles. The van der Waals surface area contributed by atoms with Gasteiger partial charge < -0.3 is 19.5 Å². The molecule has 0 bridgehead atoms. The summed E-state index contributed by atoms with van der Waals surface area (Å²) in [5.74, 6) is 0.695. The van der Waals surface area contributed by atoms with Gasteiger partial charge in [-0.1, -0.05) is 0 Å². The van der Waals surface area contributed by atoms with Crippen LogP contribution < -0.4 is 15.0 Å². The topological polar surface area (TPSA) is 102 Å². The van der Waals surface area contributed by atoms with Gasteiger partial charge in [-0.3, -0.25) is 14.6 Å². The summed E-state index contributed by atoms with van der Waals surface area (Å²) in [6.07, 6.45) is 6.14. The number of ether oxygens (including phenoxy) is 1. The van der Waals surface area contributed by atoms with Crippen molar-refractivity contribution in [2.75, 3.05) is 18.5 Å². The van der Waals surface area contributed by atoms with Crippen LogP contribution in [-0.4, -0.2) is 51.0 Å². The van der Waals surface area contributed by atoms with Crippen LogP contribution in [0, 0.1) is 5.92 Å². The van der Waals surface area contributed by atoms with Crippen molar-refractivity contribution in [1.82, 2.24) is 24.8 Å². The van der Waals surface area contributed by atoms with Crippen LogP contribution in [0.15, 0.2) is 24.7 Å². The highest BCUT2D eigenvalue weighted by atomic mass is 16.5. The fourth-order valence-electron chi connectivity index (χ4n) is 5.08. The van der Waals surface area contributed by atoms with Crippen molar-refractivity contribution >= 4 is 28.5 Å². The number of hydrogen-bond donors (Lipinski definition) is 1. The first-order valence-corrected chi connectivity index (χ1v) is 11.8. The van der Waals surface area contributed by atoms with Gasteiger partial charge in [-0.05, 0) is 45.7 Å². The number of anilines is 1. The summed E-state index contributed by atoms with van der Waals surface area (Å²) in [5, 5.41) is 2.89. The summed E-state index contributed by atoms with van der Waals surface area (Å²) in [6.45, 7) is 6.39. The Labute approximate surface area is 197 Å². The van der Waals surface area contributed by atoms with Gasteiger partial charge >= 0.3 is 0 Å². The van der Waals surface area contributed by atoms with Crippen LogP contribution in [0.25, 0.3) is 22.3 Å². The smallest absolute Gasteiger partial charge is 0.241 e. The number of imidazole rings is 1. The van der Waals surface area contributed by atoms with E-state index >= 15 is 0 Å². The lowest BCUT2D eigenvalue weighted by atomic mass is 9.90. The number of fused-ring (bicyclic) bond motifs is 2. The van der Waals surface area contributed by atoms with Crippen molar-refractivity contribution in [2.45, 2.75) is 57.6 Å². The first-order chi connectivity index (χ1) is 16.2. The maximum Gasteiger partial charge on any atom is 0.241 e. The van der Waals surface area contributed by atoms with Crippen LogP contribution in [0.4, 0.5) is 5.69 Å². The zero-order chi connectivity index (χ0) is 23.8. The predicted molar refractivity (Wildman–Crippen MR) is 127 cm³/mol. The van der Waals surface area contributed by atoms with Gasteiger partial charge in [-0.2, -0.15) is 0 Å². The Balaban J connectivity index is 1.43. The van der Waals surface area contributed by atoms with Gasteiger partial charge in [-0.25, -0.2) is 9.97 Å². The fourth-order valence-corrected chi connectivity index (χ4v) is 5.08. The van der Waals surface area contributed by atoms with E-state index in [1.807, 2.05) is 39.2 Å². The average Bonchev–Trinajstić information content (AvgIpc) is 3.37. The lowest BCUT2D eigenvalue weighted by molar-refractivity contribution is -0.122. The highest BCUT2D eigenvalue weighted by Crippen LogP contribution is 2.43. The van der Waals surface area contributed by atoms with Crippen LogP contribution >= 0.6 is 0 Å². The Hall–Kier alpha value is -3.49. The Kier molecular flexibility index (Phi) is 4.49. The number of hydrogen-bond acceptors (Lipinski definition) is 6. The van der Waals surface area contributed by atoms with Gasteiger partial charge in [0.05, 0.1) is 34.3 Å². The zero-order valence-electron chi connectivity index (χ0n) is 19.8. The average molecular weight is 461 g/mol. The second kappa shape index (κ2) is 7.25. The van der Waals surface area contributed by atoms with E-state index in [0.29, 0.717) is 30.6 Å². The van der Waals surface area contributed by atoms with E-state index in [1.165, 1.54) is 0 Å². The molecule has 1 aliphatic carbocycles. The van der Waals surface area contributed by atoms with Crippen molar-refractivity contribution in [3.8, 4) is 17.1 Å². The molecule has 1 saturated carbocycles. The summed E-state index contributed by atoms with van der Waals surface area (Å²) in [5.41, 5.74) is 4.10. The molecule has 9 heteroatoms. The van der Waals surface area contributed by atoms with Crippen LogP contribution in [0.2, 0.25) is 0 Å². The molecule has 5 heterocycles. The molecule has 2 aliphatic heterocycles. The Morgan fingerprint density at radius 3 is 2.71 bits per heavy atom. The van der Waals surface area contributed by atoms with E-state index in [-0.39, 0.29) is 23.8 Å². The third kappa shape index (κ3) is 3.17. The molecule has 1 N–H and O–H groups in total. The summed E-state index contributed by atoms with van der Waals surface area (Å²) >= 11 is 0. The standard InChI is InChI=1S/C25H28N6O3/c1-13(14-8-20(32)26-10-14)34-23-21-18(28-12-31(21)16-5-6-16)9-17(29-23)15-7-19-22(27-11-15)25(2,3)24(33)30(19)4/h7,9,11-14,16H,5-6,8,10H2,1-4H3,(H,26,32). The second-order valence-electron chi connectivity index (χ2n) is 10.2. The normalized spacial score (nSPS) is 22.2. The van der Waals surface area contributed by atoms with E-state index in [1.54, 1.807) is 18.1 Å². The Morgan fingerprint density at radius 1 is 1.21 bits per heavy atom. The first-order valence-electron chi connectivity index (χ1n) is 11.8. The maximum absolute atomic E-state index is 12.7. The van der Waals surface area contributed by atoms with Gasteiger partial charge in [0, 0.05) is 43.7 Å². The molecule has 1 saturated heterocycles. The second-order valence-corrected chi connectivity index (χ2v) is 10.2. The van der Waals surface area contributed by atoms with E-state index < -0.39 is 5.41 Å². The van der Waals surface area contributed by atoms with E-state index in [2.05, 4.69) is 19.9 Å². The van der Waals surface area contributed by atoms with Crippen LogP contribution in [0.1, 0.15) is 51.8 Å². The van der Waals surface area contributed by atoms with Gasteiger partial charge in [0.2, 0.25) is 17.7 Å². The SMILES string of the molecule is CC(Oc1nc(-c2cnc3c(c2)N(C)C(=O)C3(C)C)cc2ncn(C3CC3)c12)C1CNC(=O)C1. The van der Waals surface area contributed by atoms with Crippen molar-refractivity contribution in [3.05, 3.63) is 30.4 Å². The Morgan fingerprint density at radius 2 is 2.00 bits per heavy atom. The van der Waals surface area contributed by atoms with E-state index in [0.717, 1.165) is 40.8 Å².